The first-order valence-corrected chi connectivity index (χ1v) is 8.77. The van der Waals surface area contributed by atoms with E-state index < -0.39 is 10.8 Å². The van der Waals surface area contributed by atoms with E-state index in [0.717, 1.165) is 11.1 Å². The summed E-state index contributed by atoms with van der Waals surface area (Å²) in [6.45, 7) is 7.01. The van der Waals surface area contributed by atoms with E-state index >= 15 is 0 Å². The summed E-state index contributed by atoms with van der Waals surface area (Å²) in [5.74, 6) is 0.0848. The van der Waals surface area contributed by atoms with Gasteiger partial charge in [-0.1, -0.05) is 42.5 Å². The van der Waals surface area contributed by atoms with Gasteiger partial charge in [-0.25, -0.2) is 0 Å². The molecule has 8 heteroatoms. The highest BCUT2D eigenvalue weighted by Crippen LogP contribution is 2.36. The Morgan fingerprint density at radius 1 is 1.21 bits per heavy atom. The van der Waals surface area contributed by atoms with Crippen LogP contribution in [0.2, 0.25) is 0 Å². The van der Waals surface area contributed by atoms with Crippen molar-refractivity contribution in [2.45, 2.75) is 13.0 Å². The van der Waals surface area contributed by atoms with Gasteiger partial charge in [0.05, 0.1) is 18.1 Å². The first kappa shape index (κ1) is 21.6. The highest BCUT2D eigenvalue weighted by atomic mass is 16.6. The van der Waals surface area contributed by atoms with Crippen molar-refractivity contribution in [3.63, 3.8) is 0 Å². The van der Waals surface area contributed by atoms with Crippen molar-refractivity contribution < 1.29 is 24.0 Å². The van der Waals surface area contributed by atoms with Gasteiger partial charge in [0.2, 0.25) is 0 Å². The molecule has 0 spiro atoms. The fourth-order valence-corrected chi connectivity index (χ4v) is 2.94. The lowest BCUT2D eigenvalue weighted by Gasteiger charge is -2.17. The van der Waals surface area contributed by atoms with Crippen molar-refractivity contribution in [3.05, 3.63) is 75.9 Å². The standard InChI is InChI=1S/C20H20N2O5.CH2O/c1-14-8-9-21(12-14)20(23)16-10-18(26-2)19(11-17(16)22(24)25)27-13-15-6-4-3-5-7-15;1-2/h3-7,10-11H,1,8-9,12-13H2,2H3;1H2. The van der Waals surface area contributed by atoms with Gasteiger partial charge >= 0.3 is 0 Å². The molecule has 0 bridgehead atoms. The number of hydrogen-bond donors (Lipinski definition) is 0. The predicted molar refractivity (Wildman–Crippen MR) is 107 cm³/mol. The number of amides is 1. The maximum absolute atomic E-state index is 12.8. The summed E-state index contributed by atoms with van der Waals surface area (Å²) < 4.78 is 11.0. The molecule has 2 aromatic rings. The third kappa shape index (κ3) is 5.19. The van der Waals surface area contributed by atoms with Crippen LogP contribution in [0.1, 0.15) is 22.3 Å². The summed E-state index contributed by atoms with van der Waals surface area (Å²) >= 11 is 0. The molecule has 152 valence electrons. The number of carbonyl (C=O) groups is 2. The number of hydrogen-bond acceptors (Lipinski definition) is 6. The molecule has 0 aromatic heterocycles. The Hall–Kier alpha value is -3.68. The third-order valence-electron chi connectivity index (χ3n) is 4.38. The minimum atomic E-state index is -0.576. The average molecular weight is 398 g/mol. The topological polar surface area (TPSA) is 99.0 Å². The monoisotopic (exact) mass is 398 g/mol. The normalized spacial score (nSPS) is 12.7. The minimum Gasteiger partial charge on any atom is -0.493 e. The van der Waals surface area contributed by atoms with Gasteiger partial charge in [0.25, 0.3) is 11.6 Å². The molecule has 0 radical (unpaired) electrons. The highest BCUT2D eigenvalue weighted by molar-refractivity contribution is 5.99. The van der Waals surface area contributed by atoms with Crippen LogP contribution in [0.3, 0.4) is 0 Å². The van der Waals surface area contributed by atoms with Crippen LogP contribution in [0, 0.1) is 10.1 Å². The van der Waals surface area contributed by atoms with Crippen LogP contribution >= 0.6 is 0 Å². The van der Waals surface area contributed by atoms with Crippen LogP contribution in [0.25, 0.3) is 0 Å². The molecular weight excluding hydrogens is 376 g/mol. The summed E-state index contributed by atoms with van der Waals surface area (Å²) in [5.41, 5.74) is 1.53. The molecule has 29 heavy (non-hydrogen) atoms. The zero-order chi connectivity index (χ0) is 21.4. The van der Waals surface area contributed by atoms with Crippen LogP contribution in [-0.4, -0.2) is 42.7 Å². The van der Waals surface area contributed by atoms with Crippen LogP contribution in [0.15, 0.2) is 54.6 Å². The molecule has 1 heterocycles. The van der Waals surface area contributed by atoms with E-state index in [4.69, 9.17) is 14.3 Å². The molecule has 0 N–H and O–H groups in total. The fraction of sp³-hybridized carbons (Fsp3) is 0.238. The van der Waals surface area contributed by atoms with Gasteiger partial charge in [0, 0.05) is 19.2 Å². The number of nitro groups is 1. The van der Waals surface area contributed by atoms with Crippen molar-refractivity contribution in [1.82, 2.24) is 4.90 Å². The van der Waals surface area contributed by atoms with Gasteiger partial charge in [0.15, 0.2) is 11.5 Å². The van der Waals surface area contributed by atoms with Crippen LogP contribution < -0.4 is 9.47 Å². The Bertz CT molecular complexity index is 898. The van der Waals surface area contributed by atoms with Gasteiger partial charge in [0.1, 0.15) is 19.0 Å². The van der Waals surface area contributed by atoms with Crippen molar-refractivity contribution >= 4 is 18.4 Å². The Morgan fingerprint density at radius 3 is 2.45 bits per heavy atom. The minimum absolute atomic E-state index is 0.0152. The van der Waals surface area contributed by atoms with Crippen LogP contribution in [0.5, 0.6) is 11.5 Å². The first-order chi connectivity index (χ1) is 14.0. The second-order valence-electron chi connectivity index (χ2n) is 6.28. The second kappa shape index (κ2) is 10.0. The molecule has 8 nitrogen and oxygen atoms in total. The lowest BCUT2D eigenvalue weighted by molar-refractivity contribution is -0.385. The fourth-order valence-electron chi connectivity index (χ4n) is 2.94. The lowest BCUT2D eigenvalue weighted by atomic mass is 10.1. The van der Waals surface area contributed by atoms with E-state index in [1.807, 2.05) is 37.1 Å². The molecule has 1 aliphatic rings. The Kier molecular flexibility index (Phi) is 7.47. The van der Waals surface area contributed by atoms with Crippen molar-refractivity contribution in [2.75, 3.05) is 20.2 Å². The molecule has 1 aliphatic heterocycles. The molecular formula is C21H22N2O6. The SMILES string of the molecule is C=C1CCN(C(=O)c2cc(OC)c(OCc3ccccc3)cc2[N+](=O)[O-])C1.C=O. The zero-order valence-corrected chi connectivity index (χ0v) is 16.1. The first-order valence-electron chi connectivity index (χ1n) is 8.77. The van der Waals surface area contributed by atoms with E-state index in [9.17, 15) is 14.9 Å². The number of ether oxygens (including phenoxy) is 2. The molecule has 1 amide bonds. The summed E-state index contributed by atoms with van der Waals surface area (Å²) in [6, 6.07) is 12.1. The van der Waals surface area contributed by atoms with Crippen molar-refractivity contribution in [3.8, 4) is 11.5 Å². The van der Waals surface area contributed by atoms with Gasteiger partial charge < -0.3 is 19.2 Å². The maximum atomic E-state index is 12.8. The van der Waals surface area contributed by atoms with E-state index in [1.54, 1.807) is 4.90 Å². The molecule has 0 saturated carbocycles. The molecule has 3 rings (SSSR count). The molecule has 0 aliphatic carbocycles. The zero-order valence-electron chi connectivity index (χ0n) is 16.1. The van der Waals surface area contributed by atoms with Crippen LogP contribution in [-0.2, 0) is 11.4 Å². The van der Waals surface area contributed by atoms with E-state index in [-0.39, 0.29) is 29.4 Å². The predicted octanol–water partition coefficient (Wildman–Crippen LogP) is 3.40. The Balaban J connectivity index is 0.00000145. The second-order valence-corrected chi connectivity index (χ2v) is 6.28. The molecule has 2 aromatic carbocycles. The van der Waals surface area contributed by atoms with Gasteiger partial charge in [-0.15, -0.1) is 0 Å². The smallest absolute Gasteiger partial charge is 0.286 e. The number of likely N-dealkylation sites (tertiary alicyclic amines) is 1. The largest absolute Gasteiger partial charge is 0.493 e. The van der Waals surface area contributed by atoms with Crippen molar-refractivity contribution in [1.29, 1.82) is 0 Å². The van der Waals surface area contributed by atoms with Gasteiger partial charge in [-0.3, -0.25) is 14.9 Å². The average Bonchev–Trinajstić information content (AvgIpc) is 3.19. The molecule has 0 atom stereocenters. The Morgan fingerprint density at radius 2 is 1.90 bits per heavy atom. The summed E-state index contributed by atoms with van der Waals surface area (Å²) in [6.07, 6.45) is 0.703. The number of benzene rings is 2. The quantitative estimate of drug-likeness (QED) is 0.420. The van der Waals surface area contributed by atoms with E-state index in [0.29, 0.717) is 19.5 Å². The summed E-state index contributed by atoms with van der Waals surface area (Å²) in [4.78, 5) is 33.3. The number of nitro benzene ring substituents is 1. The van der Waals surface area contributed by atoms with E-state index in [1.165, 1.54) is 19.2 Å². The Labute approximate surface area is 168 Å². The molecule has 1 fully saturated rings. The van der Waals surface area contributed by atoms with Gasteiger partial charge in [-0.2, -0.15) is 0 Å². The number of rotatable bonds is 6. The van der Waals surface area contributed by atoms with Gasteiger partial charge in [-0.05, 0) is 12.0 Å². The maximum Gasteiger partial charge on any atom is 0.286 e. The number of carbonyl (C=O) groups excluding carboxylic acids is 2. The number of methoxy groups -OCH3 is 1. The van der Waals surface area contributed by atoms with Crippen LogP contribution in [0.4, 0.5) is 5.69 Å². The van der Waals surface area contributed by atoms with E-state index in [2.05, 4.69) is 6.58 Å². The van der Waals surface area contributed by atoms with Crippen molar-refractivity contribution in [2.24, 2.45) is 0 Å². The molecule has 1 saturated heterocycles. The summed E-state index contributed by atoms with van der Waals surface area (Å²) in [7, 11) is 1.43. The third-order valence-corrected chi connectivity index (χ3v) is 4.38. The number of nitrogens with zero attached hydrogens (tertiary/aromatic N) is 2. The molecule has 0 unspecified atom stereocenters. The lowest BCUT2D eigenvalue weighted by Crippen LogP contribution is -2.28. The highest BCUT2D eigenvalue weighted by Gasteiger charge is 2.30. The summed E-state index contributed by atoms with van der Waals surface area (Å²) in [5, 5.41) is 11.6.